The molecular formula is C20H27ClN4O3. The number of anilines is 1. The normalized spacial score (nSPS) is 17.2. The van der Waals surface area contributed by atoms with Crippen LogP contribution in [0.2, 0.25) is 0 Å². The summed E-state index contributed by atoms with van der Waals surface area (Å²) in [6.07, 6.45) is 3.19. The molecule has 1 aromatic heterocycles. The Hall–Kier alpha value is -2.25. The lowest BCUT2D eigenvalue weighted by atomic mass is 10.1. The van der Waals surface area contributed by atoms with E-state index in [4.69, 9.17) is 9.26 Å². The molecule has 2 fully saturated rings. The van der Waals surface area contributed by atoms with Crippen molar-refractivity contribution in [2.24, 2.45) is 0 Å². The first-order chi connectivity index (χ1) is 13.3. The van der Waals surface area contributed by atoms with Crippen LogP contribution < -0.4 is 15.0 Å². The number of carbonyl (C=O) groups is 1. The van der Waals surface area contributed by atoms with Crippen LogP contribution in [0.4, 0.5) is 5.82 Å². The van der Waals surface area contributed by atoms with Gasteiger partial charge >= 0.3 is 0 Å². The van der Waals surface area contributed by atoms with Crippen LogP contribution >= 0.6 is 12.4 Å². The molecule has 7 nitrogen and oxygen atoms in total. The highest BCUT2D eigenvalue weighted by molar-refractivity contribution is 6.04. The Morgan fingerprint density at radius 3 is 2.54 bits per heavy atom. The van der Waals surface area contributed by atoms with Crippen LogP contribution in [0.3, 0.4) is 0 Å². The summed E-state index contributed by atoms with van der Waals surface area (Å²) in [6.45, 7) is 5.03. The minimum absolute atomic E-state index is 0. The second-order valence-electron chi connectivity index (χ2n) is 7.03. The van der Waals surface area contributed by atoms with E-state index in [1.165, 1.54) is 0 Å². The minimum atomic E-state index is 0. The number of carbonyl (C=O) groups excluding carboxylic acids is 1. The Kier molecular flexibility index (Phi) is 6.80. The van der Waals surface area contributed by atoms with Gasteiger partial charge in [0, 0.05) is 38.3 Å². The molecule has 28 heavy (non-hydrogen) atoms. The molecule has 1 amide bonds. The van der Waals surface area contributed by atoms with Crippen LogP contribution in [0, 0.1) is 0 Å². The number of nitrogens with one attached hydrogen (secondary N) is 1. The number of hydrogen-bond acceptors (Lipinski definition) is 6. The predicted molar refractivity (Wildman–Crippen MR) is 111 cm³/mol. The number of nitrogens with zero attached hydrogens (tertiary/aromatic N) is 3. The highest BCUT2D eigenvalue weighted by Gasteiger charge is 2.32. The third kappa shape index (κ3) is 4.10. The van der Waals surface area contributed by atoms with E-state index >= 15 is 0 Å². The van der Waals surface area contributed by atoms with Gasteiger partial charge in [-0.3, -0.25) is 4.79 Å². The van der Waals surface area contributed by atoms with Crippen LogP contribution in [0.1, 0.15) is 29.6 Å². The number of hydrogen-bond donors (Lipinski definition) is 1. The molecule has 0 radical (unpaired) electrons. The lowest BCUT2D eigenvalue weighted by Gasteiger charge is -2.22. The van der Waals surface area contributed by atoms with Crippen molar-refractivity contribution in [3.05, 3.63) is 29.8 Å². The Morgan fingerprint density at radius 1 is 1.07 bits per heavy atom. The zero-order chi connectivity index (χ0) is 18.6. The monoisotopic (exact) mass is 406 g/mol. The largest absolute Gasteiger partial charge is 0.497 e. The molecule has 0 unspecified atom stereocenters. The molecule has 2 aliphatic heterocycles. The van der Waals surface area contributed by atoms with E-state index in [1.807, 2.05) is 29.2 Å². The van der Waals surface area contributed by atoms with Gasteiger partial charge in [0.15, 0.2) is 11.6 Å². The molecule has 2 saturated heterocycles. The second kappa shape index (κ2) is 9.30. The number of halogens is 1. The Morgan fingerprint density at radius 2 is 1.82 bits per heavy atom. The molecule has 1 aromatic carbocycles. The summed E-state index contributed by atoms with van der Waals surface area (Å²) >= 11 is 0. The number of rotatable bonds is 4. The van der Waals surface area contributed by atoms with Crippen molar-refractivity contribution in [3.8, 4) is 17.1 Å². The van der Waals surface area contributed by atoms with Crippen molar-refractivity contribution in [1.82, 2.24) is 15.4 Å². The standard InChI is InChI=1S/C20H26N4O3.ClH/c1-26-16-7-5-15(6-8-16)18-17(19(22-27-18)23-11-2-3-12-23)20(25)24-13-4-9-21-10-14-24;/h5-8,21H,2-4,9-14H2,1H3;1H. The summed E-state index contributed by atoms with van der Waals surface area (Å²) in [4.78, 5) is 17.5. The summed E-state index contributed by atoms with van der Waals surface area (Å²) in [7, 11) is 1.64. The number of benzene rings is 1. The molecule has 8 heteroatoms. The van der Waals surface area contributed by atoms with Crippen LogP contribution in [0.15, 0.2) is 28.8 Å². The maximum Gasteiger partial charge on any atom is 0.261 e. The van der Waals surface area contributed by atoms with E-state index in [0.29, 0.717) is 23.7 Å². The SMILES string of the molecule is COc1ccc(-c2onc(N3CCCC3)c2C(=O)N2CCCNCC2)cc1.Cl. The zero-order valence-corrected chi connectivity index (χ0v) is 17.0. The van der Waals surface area contributed by atoms with Gasteiger partial charge in [0.25, 0.3) is 5.91 Å². The molecule has 0 aliphatic carbocycles. The first-order valence-electron chi connectivity index (χ1n) is 9.67. The third-order valence-corrected chi connectivity index (χ3v) is 5.27. The highest BCUT2D eigenvalue weighted by Crippen LogP contribution is 2.34. The Bertz CT molecular complexity index is 779. The molecular weight excluding hydrogens is 380 g/mol. The molecule has 2 aliphatic rings. The molecule has 2 aromatic rings. The maximum atomic E-state index is 13.5. The fourth-order valence-electron chi connectivity index (χ4n) is 3.77. The first kappa shape index (κ1) is 20.5. The summed E-state index contributed by atoms with van der Waals surface area (Å²) in [5.41, 5.74) is 1.43. The van der Waals surface area contributed by atoms with Crippen LogP contribution in [0.5, 0.6) is 5.75 Å². The van der Waals surface area contributed by atoms with Gasteiger partial charge in [-0.05, 0) is 50.1 Å². The summed E-state index contributed by atoms with van der Waals surface area (Å²) in [5.74, 6) is 2.00. The van der Waals surface area contributed by atoms with Crippen LogP contribution in [0.25, 0.3) is 11.3 Å². The summed E-state index contributed by atoms with van der Waals surface area (Å²) in [5, 5.41) is 7.66. The molecule has 0 spiro atoms. The van der Waals surface area contributed by atoms with Crippen LogP contribution in [-0.4, -0.2) is 62.3 Å². The molecule has 3 heterocycles. The molecule has 0 saturated carbocycles. The fraction of sp³-hybridized carbons (Fsp3) is 0.500. The van der Waals surface area contributed by atoms with E-state index < -0.39 is 0 Å². The van der Waals surface area contributed by atoms with E-state index in [9.17, 15) is 4.79 Å². The van der Waals surface area contributed by atoms with Crippen molar-refractivity contribution in [1.29, 1.82) is 0 Å². The Labute approximate surface area is 171 Å². The van der Waals surface area contributed by atoms with Gasteiger partial charge in [-0.2, -0.15) is 0 Å². The predicted octanol–water partition coefficient (Wildman–Crippen LogP) is 2.81. The van der Waals surface area contributed by atoms with Crippen LogP contribution in [-0.2, 0) is 0 Å². The van der Waals surface area contributed by atoms with E-state index in [0.717, 1.165) is 63.3 Å². The van der Waals surface area contributed by atoms with Crippen molar-refractivity contribution < 1.29 is 14.1 Å². The molecule has 0 atom stereocenters. The minimum Gasteiger partial charge on any atom is -0.497 e. The quantitative estimate of drug-likeness (QED) is 0.841. The smallest absolute Gasteiger partial charge is 0.261 e. The van der Waals surface area contributed by atoms with Gasteiger partial charge in [-0.1, -0.05) is 5.16 Å². The average molecular weight is 407 g/mol. The average Bonchev–Trinajstić information content (AvgIpc) is 3.31. The van der Waals surface area contributed by atoms with Gasteiger partial charge in [-0.25, -0.2) is 0 Å². The van der Waals surface area contributed by atoms with Gasteiger partial charge < -0.3 is 24.4 Å². The van der Waals surface area contributed by atoms with Crippen molar-refractivity contribution >= 4 is 24.1 Å². The number of methoxy groups -OCH3 is 1. The lowest BCUT2D eigenvalue weighted by Crippen LogP contribution is -2.35. The van der Waals surface area contributed by atoms with E-state index in [1.54, 1.807) is 7.11 Å². The second-order valence-corrected chi connectivity index (χ2v) is 7.03. The first-order valence-corrected chi connectivity index (χ1v) is 9.67. The highest BCUT2D eigenvalue weighted by atomic mass is 35.5. The van der Waals surface area contributed by atoms with Crippen molar-refractivity contribution in [3.63, 3.8) is 0 Å². The third-order valence-electron chi connectivity index (χ3n) is 5.27. The molecule has 152 valence electrons. The summed E-state index contributed by atoms with van der Waals surface area (Å²) < 4.78 is 11.0. The van der Waals surface area contributed by atoms with Gasteiger partial charge in [0.1, 0.15) is 11.3 Å². The lowest BCUT2D eigenvalue weighted by molar-refractivity contribution is 0.0767. The number of aromatic nitrogens is 1. The fourth-order valence-corrected chi connectivity index (χ4v) is 3.77. The van der Waals surface area contributed by atoms with Gasteiger partial charge in [0.2, 0.25) is 0 Å². The zero-order valence-electron chi connectivity index (χ0n) is 16.1. The van der Waals surface area contributed by atoms with Gasteiger partial charge in [-0.15, -0.1) is 12.4 Å². The Balaban J connectivity index is 0.00000225. The molecule has 0 bridgehead atoms. The van der Waals surface area contributed by atoms with E-state index in [2.05, 4.69) is 15.4 Å². The molecule has 4 rings (SSSR count). The molecule has 1 N–H and O–H groups in total. The number of amides is 1. The van der Waals surface area contributed by atoms with E-state index in [-0.39, 0.29) is 18.3 Å². The van der Waals surface area contributed by atoms with Crippen molar-refractivity contribution in [2.45, 2.75) is 19.3 Å². The van der Waals surface area contributed by atoms with Crippen molar-refractivity contribution in [2.75, 3.05) is 51.3 Å². The number of ether oxygens (including phenoxy) is 1. The topological polar surface area (TPSA) is 70.8 Å². The van der Waals surface area contributed by atoms with Gasteiger partial charge in [0.05, 0.1) is 7.11 Å². The summed E-state index contributed by atoms with van der Waals surface area (Å²) in [6, 6.07) is 7.57. The maximum absolute atomic E-state index is 13.5.